The molecule has 0 atom stereocenters. The van der Waals surface area contributed by atoms with Crippen molar-refractivity contribution >= 4 is 17.9 Å². The number of hydrogen-bond acceptors (Lipinski definition) is 7. The number of carboxylic acids is 1. The van der Waals surface area contributed by atoms with E-state index in [4.69, 9.17) is 24.1 Å². The quantitative estimate of drug-likeness (QED) is 0.203. The first-order valence-electron chi connectivity index (χ1n) is 11.2. The Morgan fingerprint density at radius 3 is 1.47 bits per heavy atom. The van der Waals surface area contributed by atoms with E-state index in [1.807, 2.05) is 0 Å². The molecule has 0 fully saturated rings. The van der Waals surface area contributed by atoms with Gasteiger partial charge >= 0.3 is 17.9 Å². The van der Waals surface area contributed by atoms with Gasteiger partial charge in [0.05, 0.1) is 26.4 Å². The molecule has 0 radical (unpaired) electrons. The van der Waals surface area contributed by atoms with Gasteiger partial charge in [-0.1, -0.05) is 45.4 Å². The fourth-order valence-corrected chi connectivity index (χ4v) is 2.67. The topological polar surface area (TPSA) is 108 Å². The standard InChI is InChI=1S/C22H40O8/c1-2-3-4-5-6-7-8-12-21(25)29-18-16-27-14-15-28-17-19-30-22(26)13-10-9-11-20(23)24/h2-19H2,1H3,(H,23,24). The number of esters is 2. The van der Waals surface area contributed by atoms with Crippen molar-refractivity contribution in [1.82, 2.24) is 0 Å². The highest BCUT2D eigenvalue weighted by Gasteiger charge is 2.04. The zero-order valence-corrected chi connectivity index (χ0v) is 18.5. The van der Waals surface area contributed by atoms with Crippen LogP contribution in [-0.2, 0) is 33.3 Å². The minimum Gasteiger partial charge on any atom is -0.481 e. The number of carbonyl (C=O) groups excluding carboxylic acids is 2. The van der Waals surface area contributed by atoms with E-state index in [1.165, 1.54) is 32.1 Å². The Balaban J connectivity index is 3.25. The third-order valence-corrected chi connectivity index (χ3v) is 4.36. The molecule has 0 aromatic heterocycles. The molecule has 0 unspecified atom stereocenters. The first kappa shape index (κ1) is 28.3. The van der Waals surface area contributed by atoms with E-state index in [2.05, 4.69) is 6.92 Å². The van der Waals surface area contributed by atoms with E-state index in [9.17, 15) is 14.4 Å². The summed E-state index contributed by atoms with van der Waals surface area (Å²) in [6, 6.07) is 0. The molecule has 1 N–H and O–H groups in total. The molecule has 8 nitrogen and oxygen atoms in total. The minimum atomic E-state index is -0.861. The normalized spacial score (nSPS) is 10.7. The van der Waals surface area contributed by atoms with E-state index < -0.39 is 5.97 Å². The van der Waals surface area contributed by atoms with Crippen LogP contribution in [0.1, 0.15) is 84.0 Å². The molecule has 8 heteroatoms. The molecule has 0 saturated carbocycles. The molecule has 0 spiro atoms. The van der Waals surface area contributed by atoms with Gasteiger partial charge in [-0.3, -0.25) is 14.4 Å². The first-order chi connectivity index (χ1) is 14.6. The molecular formula is C22H40O8. The summed E-state index contributed by atoms with van der Waals surface area (Å²) < 4.78 is 20.7. The van der Waals surface area contributed by atoms with E-state index >= 15 is 0 Å². The Hall–Kier alpha value is -1.67. The monoisotopic (exact) mass is 432 g/mol. The molecule has 0 amide bonds. The molecule has 0 rings (SSSR count). The lowest BCUT2D eigenvalue weighted by Crippen LogP contribution is -2.15. The molecule has 30 heavy (non-hydrogen) atoms. The highest BCUT2D eigenvalue weighted by molar-refractivity contribution is 5.70. The summed E-state index contributed by atoms with van der Waals surface area (Å²) in [5.74, 6) is -1.38. The van der Waals surface area contributed by atoms with Crippen molar-refractivity contribution in [3.05, 3.63) is 0 Å². The van der Waals surface area contributed by atoms with Crippen LogP contribution in [0.2, 0.25) is 0 Å². The van der Waals surface area contributed by atoms with Gasteiger partial charge in [0.15, 0.2) is 0 Å². The molecule has 0 aliphatic heterocycles. The van der Waals surface area contributed by atoms with Crippen molar-refractivity contribution < 1.29 is 38.4 Å². The smallest absolute Gasteiger partial charge is 0.305 e. The average molecular weight is 433 g/mol. The molecule has 176 valence electrons. The van der Waals surface area contributed by atoms with Crippen molar-refractivity contribution in [3.63, 3.8) is 0 Å². The van der Waals surface area contributed by atoms with Crippen LogP contribution >= 0.6 is 0 Å². The Morgan fingerprint density at radius 1 is 0.567 bits per heavy atom. The van der Waals surface area contributed by atoms with E-state index in [0.717, 1.165) is 12.8 Å². The van der Waals surface area contributed by atoms with Gasteiger partial charge < -0.3 is 24.1 Å². The number of ether oxygens (including phenoxy) is 4. The maximum atomic E-state index is 11.6. The Bertz CT molecular complexity index is 439. The molecule has 0 aliphatic rings. The van der Waals surface area contributed by atoms with Crippen LogP contribution < -0.4 is 0 Å². The third-order valence-electron chi connectivity index (χ3n) is 4.36. The lowest BCUT2D eigenvalue weighted by molar-refractivity contribution is -0.147. The third kappa shape index (κ3) is 22.6. The van der Waals surface area contributed by atoms with Crippen molar-refractivity contribution in [2.24, 2.45) is 0 Å². The summed E-state index contributed by atoms with van der Waals surface area (Å²) in [5, 5.41) is 8.50. The summed E-state index contributed by atoms with van der Waals surface area (Å²) in [5.41, 5.74) is 0. The first-order valence-corrected chi connectivity index (χ1v) is 11.2. The predicted octanol–water partition coefficient (Wildman–Crippen LogP) is 3.89. The van der Waals surface area contributed by atoms with Gasteiger partial charge in [0.1, 0.15) is 13.2 Å². The maximum Gasteiger partial charge on any atom is 0.305 e. The highest BCUT2D eigenvalue weighted by Crippen LogP contribution is 2.08. The zero-order chi connectivity index (χ0) is 22.3. The molecule has 0 aromatic carbocycles. The number of carboxylic acid groups (broad SMARTS) is 1. The van der Waals surface area contributed by atoms with Crippen LogP contribution in [0.4, 0.5) is 0 Å². The van der Waals surface area contributed by atoms with Crippen LogP contribution in [0.15, 0.2) is 0 Å². The summed E-state index contributed by atoms with van der Waals surface area (Å²) >= 11 is 0. The lowest BCUT2D eigenvalue weighted by atomic mass is 10.1. The van der Waals surface area contributed by atoms with Crippen LogP contribution in [0.3, 0.4) is 0 Å². The SMILES string of the molecule is CCCCCCCCCC(=O)OCCOCCOCCOC(=O)CCCCC(=O)O. The van der Waals surface area contributed by atoms with Crippen LogP contribution in [0.25, 0.3) is 0 Å². The van der Waals surface area contributed by atoms with Gasteiger partial charge in [-0.15, -0.1) is 0 Å². The fraction of sp³-hybridized carbons (Fsp3) is 0.864. The van der Waals surface area contributed by atoms with Crippen LogP contribution in [0, 0.1) is 0 Å². The average Bonchev–Trinajstić information content (AvgIpc) is 2.71. The van der Waals surface area contributed by atoms with Gasteiger partial charge in [0.2, 0.25) is 0 Å². The molecule has 0 heterocycles. The second-order valence-electron chi connectivity index (χ2n) is 7.14. The highest BCUT2D eigenvalue weighted by atomic mass is 16.6. The number of hydrogen-bond donors (Lipinski definition) is 1. The molecular weight excluding hydrogens is 392 g/mol. The van der Waals surface area contributed by atoms with E-state index in [0.29, 0.717) is 39.1 Å². The van der Waals surface area contributed by atoms with Crippen LogP contribution in [-0.4, -0.2) is 62.7 Å². The number of aliphatic carboxylic acids is 1. The van der Waals surface area contributed by atoms with Crippen LogP contribution in [0.5, 0.6) is 0 Å². The Morgan fingerprint density at radius 2 is 0.967 bits per heavy atom. The predicted molar refractivity (Wildman–Crippen MR) is 112 cm³/mol. The van der Waals surface area contributed by atoms with Gasteiger partial charge in [-0.05, 0) is 19.3 Å². The number of rotatable bonds is 22. The Kier molecular flexibility index (Phi) is 20.8. The van der Waals surface area contributed by atoms with Crippen molar-refractivity contribution in [2.75, 3.05) is 39.6 Å². The molecule has 0 aliphatic carbocycles. The number of carbonyl (C=O) groups is 3. The lowest BCUT2D eigenvalue weighted by Gasteiger charge is -2.08. The van der Waals surface area contributed by atoms with Crippen molar-refractivity contribution in [3.8, 4) is 0 Å². The van der Waals surface area contributed by atoms with Gasteiger partial charge in [-0.2, -0.15) is 0 Å². The second-order valence-corrected chi connectivity index (χ2v) is 7.14. The van der Waals surface area contributed by atoms with Gasteiger partial charge in [0, 0.05) is 19.3 Å². The molecule has 0 bridgehead atoms. The largest absolute Gasteiger partial charge is 0.481 e. The summed E-state index contributed by atoms with van der Waals surface area (Å²) in [4.78, 5) is 33.3. The van der Waals surface area contributed by atoms with Gasteiger partial charge in [0.25, 0.3) is 0 Å². The fourth-order valence-electron chi connectivity index (χ4n) is 2.67. The number of unbranched alkanes of at least 4 members (excludes halogenated alkanes) is 7. The van der Waals surface area contributed by atoms with E-state index in [1.54, 1.807) is 0 Å². The summed E-state index contributed by atoms with van der Waals surface area (Å²) in [6.07, 6.45) is 9.92. The second kappa shape index (κ2) is 22.0. The van der Waals surface area contributed by atoms with Crippen molar-refractivity contribution in [1.29, 1.82) is 0 Å². The Labute approximate surface area is 180 Å². The summed E-state index contributed by atoms with van der Waals surface area (Å²) in [7, 11) is 0. The minimum absolute atomic E-state index is 0.0643. The van der Waals surface area contributed by atoms with E-state index in [-0.39, 0.29) is 44.6 Å². The molecule has 0 aromatic rings. The molecule has 0 saturated heterocycles. The maximum absolute atomic E-state index is 11.6. The van der Waals surface area contributed by atoms with Gasteiger partial charge in [-0.25, -0.2) is 0 Å². The summed E-state index contributed by atoms with van der Waals surface area (Å²) in [6.45, 7) is 3.95. The van der Waals surface area contributed by atoms with Crippen molar-refractivity contribution in [2.45, 2.75) is 84.0 Å². The zero-order valence-electron chi connectivity index (χ0n) is 18.5.